The summed E-state index contributed by atoms with van der Waals surface area (Å²) in [5.41, 5.74) is 1.53. The van der Waals surface area contributed by atoms with Crippen molar-refractivity contribution in [1.29, 1.82) is 0 Å². The highest BCUT2D eigenvalue weighted by atomic mass is 16.5. The van der Waals surface area contributed by atoms with Gasteiger partial charge in [0.15, 0.2) is 0 Å². The first-order valence-electron chi connectivity index (χ1n) is 3.48. The Hall–Kier alpha value is -0.720. The fraction of sp³-hybridized carbons (Fsp3) is 0.500. The van der Waals surface area contributed by atoms with E-state index in [4.69, 9.17) is 4.74 Å². The lowest BCUT2D eigenvalue weighted by Crippen LogP contribution is -1.87. The summed E-state index contributed by atoms with van der Waals surface area (Å²) in [4.78, 5) is 0. The van der Waals surface area contributed by atoms with Crippen LogP contribution in [0.2, 0.25) is 0 Å². The number of ether oxygens (including phenoxy) is 1. The minimum absolute atomic E-state index is 0.912. The Morgan fingerprint density at radius 1 is 1.33 bits per heavy atom. The van der Waals surface area contributed by atoms with Gasteiger partial charge in [0.1, 0.15) is 5.76 Å². The summed E-state index contributed by atoms with van der Waals surface area (Å²) in [7, 11) is 0. The van der Waals surface area contributed by atoms with Crippen LogP contribution in [0, 0.1) is 0 Å². The molecule has 48 valence electrons. The highest BCUT2D eigenvalue weighted by Crippen LogP contribution is 2.27. The largest absolute Gasteiger partial charge is 0.493 e. The molecule has 0 fully saturated rings. The molecule has 0 radical (unpaired) electrons. The number of rotatable bonds is 0. The third-order valence-electron chi connectivity index (χ3n) is 1.89. The lowest BCUT2D eigenvalue weighted by Gasteiger charge is -2.04. The Labute approximate surface area is 55.0 Å². The number of hydrogen-bond donors (Lipinski definition) is 0. The maximum atomic E-state index is 5.35. The second-order valence-corrected chi connectivity index (χ2v) is 2.51. The summed E-state index contributed by atoms with van der Waals surface area (Å²) in [5.74, 6) is 1.15. The van der Waals surface area contributed by atoms with E-state index in [0.717, 1.165) is 12.4 Å². The number of hydrogen-bond acceptors (Lipinski definition) is 1. The summed E-state index contributed by atoms with van der Waals surface area (Å²) in [5, 5.41) is 0. The standard InChI is InChI=1S/C8H10O/c1-2-4-8-7(3-1)5-6-9-8/h2,4H,1,3,5-6H2. The molecular weight excluding hydrogens is 112 g/mol. The zero-order chi connectivity index (χ0) is 6.10. The van der Waals surface area contributed by atoms with Gasteiger partial charge in [-0.1, -0.05) is 6.08 Å². The van der Waals surface area contributed by atoms with Crippen molar-refractivity contribution in [3.63, 3.8) is 0 Å². The van der Waals surface area contributed by atoms with Crippen molar-refractivity contribution in [2.75, 3.05) is 6.61 Å². The van der Waals surface area contributed by atoms with Crippen molar-refractivity contribution in [2.45, 2.75) is 19.3 Å². The second kappa shape index (κ2) is 1.90. The number of allylic oxidation sites excluding steroid dienone is 2. The first-order chi connectivity index (χ1) is 4.47. The van der Waals surface area contributed by atoms with Crippen LogP contribution < -0.4 is 0 Å². The van der Waals surface area contributed by atoms with Gasteiger partial charge in [-0.2, -0.15) is 0 Å². The molecule has 2 rings (SSSR count). The molecule has 0 spiro atoms. The van der Waals surface area contributed by atoms with Gasteiger partial charge in [0, 0.05) is 6.42 Å². The first-order valence-corrected chi connectivity index (χ1v) is 3.48. The van der Waals surface area contributed by atoms with Crippen molar-refractivity contribution >= 4 is 0 Å². The zero-order valence-electron chi connectivity index (χ0n) is 5.39. The van der Waals surface area contributed by atoms with Gasteiger partial charge in [0.05, 0.1) is 6.61 Å². The molecule has 1 heterocycles. The molecule has 9 heavy (non-hydrogen) atoms. The molecule has 1 nitrogen and oxygen atoms in total. The Morgan fingerprint density at radius 2 is 2.33 bits per heavy atom. The van der Waals surface area contributed by atoms with Gasteiger partial charge >= 0.3 is 0 Å². The van der Waals surface area contributed by atoms with E-state index >= 15 is 0 Å². The molecule has 0 atom stereocenters. The van der Waals surface area contributed by atoms with E-state index < -0.39 is 0 Å². The highest BCUT2D eigenvalue weighted by Gasteiger charge is 2.14. The molecule has 2 aliphatic rings. The van der Waals surface area contributed by atoms with Crippen LogP contribution in [0.25, 0.3) is 0 Å². The fourth-order valence-corrected chi connectivity index (χ4v) is 1.37. The summed E-state index contributed by atoms with van der Waals surface area (Å²) >= 11 is 0. The summed E-state index contributed by atoms with van der Waals surface area (Å²) < 4.78 is 5.35. The molecule has 0 bridgehead atoms. The van der Waals surface area contributed by atoms with Crippen LogP contribution in [0.1, 0.15) is 19.3 Å². The van der Waals surface area contributed by atoms with Gasteiger partial charge in [0.2, 0.25) is 0 Å². The Balaban J connectivity index is 2.28. The van der Waals surface area contributed by atoms with E-state index in [-0.39, 0.29) is 0 Å². The van der Waals surface area contributed by atoms with E-state index in [1.54, 1.807) is 0 Å². The molecule has 0 aromatic rings. The van der Waals surface area contributed by atoms with Crippen molar-refractivity contribution in [3.05, 3.63) is 23.5 Å². The van der Waals surface area contributed by atoms with Gasteiger partial charge < -0.3 is 4.74 Å². The lowest BCUT2D eigenvalue weighted by atomic mass is 10.0. The van der Waals surface area contributed by atoms with Crippen LogP contribution >= 0.6 is 0 Å². The molecule has 1 aliphatic heterocycles. The van der Waals surface area contributed by atoms with Crippen molar-refractivity contribution in [1.82, 2.24) is 0 Å². The van der Waals surface area contributed by atoms with Crippen LogP contribution in [0.15, 0.2) is 23.5 Å². The van der Waals surface area contributed by atoms with E-state index in [1.165, 1.54) is 24.8 Å². The maximum Gasteiger partial charge on any atom is 0.118 e. The zero-order valence-corrected chi connectivity index (χ0v) is 5.39. The minimum atomic E-state index is 0.912. The Kier molecular flexibility index (Phi) is 1.08. The summed E-state index contributed by atoms with van der Waals surface area (Å²) in [6.45, 7) is 0.912. The Bertz CT molecular complexity index is 177. The normalized spacial score (nSPS) is 24.0. The van der Waals surface area contributed by atoms with Crippen molar-refractivity contribution in [2.24, 2.45) is 0 Å². The molecule has 1 aliphatic carbocycles. The van der Waals surface area contributed by atoms with Crippen LogP contribution in [0.5, 0.6) is 0 Å². The Morgan fingerprint density at radius 3 is 3.22 bits per heavy atom. The SMILES string of the molecule is C1=CC2=C(CC1)CCO2. The lowest BCUT2D eigenvalue weighted by molar-refractivity contribution is 0.257. The average molecular weight is 122 g/mol. The van der Waals surface area contributed by atoms with Gasteiger partial charge in [-0.05, 0) is 24.5 Å². The topological polar surface area (TPSA) is 9.23 Å². The first kappa shape index (κ1) is 5.10. The monoisotopic (exact) mass is 122 g/mol. The smallest absolute Gasteiger partial charge is 0.118 e. The minimum Gasteiger partial charge on any atom is -0.493 e. The van der Waals surface area contributed by atoms with Crippen molar-refractivity contribution < 1.29 is 4.74 Å². The van der Waals surface area contributed by atoms with Gasteiger partial charge in [-0.25, -0.2) is 0 Å². The van der Waals surface area contributed by atoms with Crippen LogP contribution in [0.4, 0.5) is 0 Å². The molecule has 0 saturated carbocycles. The average Bonchev–Trinajstić information content (AvgIpc) is 2.33. The third kappa shape index (κ3) is 0.766. The summed E-state index contributed by atoms with van der Waals surface area (Å²) in [6, 6.07) is 0. The van der Waals surface area contributed by atoms with Crippen LogP contribution in [0.3, 0.4) is 0 Å². The summed E-state index contributed by atoms with van der Waals surface area (Å²) in [6.07, 6.45) is 7.89. The van der Waals surface area contributed by atoms with E-state index in [9.17, 15) is 0 Å². The fourth-order valence-electron chi connectivity index (χ4n) is 1.37. The molecule has 0 aromatic carbocycles. The molecule has 0 unspecified atom stereocenters. The predicted octanol–water partition coefficient (Wildman–Crippen LogP) is 2.01. The molecule has 0 saturated heterocycles. The predicted molar refractivity (Wildman–Crippen MR) is 36.0 cm³/mol. The van der Waals surface area contributed by atoms with E-state index in [1.807, 2.05) is 0 Å². The van der Waals surface area contributed by atoms with Gasteiger partial charge in [-0.15, -0.1) is 0 Å². The quantitative estimate of drug-likeness (QED) is 0.477. The van der Waals surface area contributed by atoms with E-state index in [0.29, 0.717) is 0 Å². The second-order valence-electron chi connectivity index (χ2n) is 2.51. The van der Waals surface area contributed by atoms with Gasteiger partial charge in [0.25, 0.3) is 0 Å². The van der Waals surface area contributed by atoms with Gasteiger partial charge in [-0.3, -0.25) is 0 Å². The van der Waals surface area contributed by atoms with Crippen LogP contribution in [-0.2, 0) is 4.74 Å². The highest BCUT2D eigenvalue weighted by molar-refractivity contribution is 5.27. The van der Waals surface area contributed by atoms with Crippen molar-refractivity contribution in [3.8, 4) is 0 Å². The molecular formula is C8H10O. The molecule has 1 heteroatoms. The molecule has 0 N–H and O–H groups in total. The van der Waals surface area contributed by atoms with Crippen LogP contribution in [-0.4, -0.2) is 6.61 Å². The maximum absolute atomic E-state index is 5.35. The molecule has 0 amide bonds. The molecule has 0 aromatic heterocycles. The van der Waals surface area contributed by atoms with E-state index in [2.05, 4.69) is 12.2 Å². The third-order valence-corrected chi connectivity index (χ3v) is 1.89.